The number of pyridine rings is 1. The van der Waals surface area contributed by atoms with Crippen LogP contribution < -0.4 is 5.56 Å². The lowest BCUT2D eigenvalue weighted by atomic mass is 10.1. The molecular weight excluding hydrogens is 258 g/mol. The zero-order valence-electron chi connectivity index (χ0n) is 11.5. The molecule has 0 aliphatic carbocycles. The van der Waals surface area contributed by atoms with E-state index in [4.69, 9.17) is 0 Å². The van der Waals surface area contributed by atoms with Crippen LogP contribution in [-0.2, 0) is 9.53 Å². The lowest BCUT2D eigenvalue weighted by molar-refractivity contribution is -0.134. The van der Waals surface area contributed by atoms with Crippen LogP contribution in [0.3, 0.4) is 0 Å². The van der Waals surface area contributed by atoms with Crippen LogP contribution in [0.1, 0.15) is 18.2 Å². The van der Waals surface area contributed by atoms with E-state index < -0.39 is 5.97 Å². The molecule has 6 heteroatoms. The van der Waals surface area contributed by atoms with Gasteiger partial charge in [-0.15, -0.1) is 0 Å². The maximum Gasteiger partial charge on any atom is 0.330 e. The number of carbonyl (C=O) groups excluding carboxylic acids is 1. The molecule has 0 aliphatic heterocycles. The second-order valence-electron chi connectivity index (χ2n) is 4.29. The number of hydrogen-bond acceptors (Lipinski definition) is 4. The van der Waals surface area contributed by atoms with Crippen LogP contribution in [-0.4, -0.2) is 27.8 Å². The van der Waals surface area contributed by atoms with Crippen molar-refractivity contribution in [1.82, 2.24) is 14.8 Å². The maximum atomic E-state index is 12.4. The van der Waals surface area contributed by atoms with Gasteiger partial charge in [0.25, 0.3) is 5.56 Å². The van der Waals surface area contributed by atoms with Gasteiger partial charge in [-0.2, -0.15) is 0 Å². The number of carbonyl (C=O) groups is 1. The number of ether oxygens (including phenoxy) is 1. The first-order valence-electron chi connectivity index (χ1n) is 6.04. The molecule has 0 spiro atoms. The summed E-state index contributed by atoms with van der Waals surface area (Å²) in [6.45, 7) is 3.46. The van der Waals surface area contributed by atoms with Crippen molar-refractivity contribution in [3.8, 4) is 5.82 Å². The Kier molecular flexibility index (Phi) is 3.84. The molecule has 0 aliphatic rings. The number of H-pyrrole nitrogens is 1. The van der Waals surface area contributed by atoms with Crippen molar-refractivity contribution in [2.45, 2.75) is 13.8 Å². The number of rotatable bonds is 3. The van der Waals surface area contributed by atoms with Gasteiger partial charge in [0.15, 0.2) is 5.82 Å². The van der Waals surface area contributed by atoms with Gasteiger partial charge in [-0.25, -0.2) is 14.5 Å². The highest BCUT2D eigenvalue weighted by Gasteiger charge is 2.15. The Morgan fingerprint density at radius 2 is 2.20 bits per heavy atom. The average molecular weight is 273 g/mol. The SMILES string of the molecule is COC(=O)/C=C(\C)c1c(C)[nH]n(-c2ccccn2)c1=O. The van der Waals surface area contributed by atoms with Crippen LogP contribution in [0.5, 0.6) is 0 Å². The number of hydrogen-bond donors (Lipinski definition) is 1. The summed E-state index contributed by atoms with van der Waals surface area (Å²) in [6, 6.07) is 5.29. The molecule has 0 bridgehead atoms. The van der Waals surface area contributed by atoms with Gasteiger partial charge in [0.2, 0.25) is 0 Å². The van der Waals surface area contributed by atoms with Crippen molar-refractivity contribution in [3.05, 3.63) is 52.1 Å². The van der Waals surface area contributed by atoms with Crippen LogP contribution in [0.2, 0.25) is 0 Å². The molecule has 0 saturated heterocycles. The minimum Gasteiger partial charge on any atom is -0.466 e. The Morgan fingerprint density at radius 1 is 1.45 bits per heavy atom. The molecule has 2 heterocycles. The number of aromatic nitrogens is 3. The molecule has 2 rings (SSSR count). The quantitative estimate of drug-likeness (QED) is 0.678. The number of nitrogens with zero attached hydrogens (tertiary/aromatic N) is 2. The predicted molar refractivity (Wildman–Crippen MR) is 74.6 cm³/mol. The Morgan fingerprint density at radius 3 is 2.80 bits per heavy atom. The number of allylic oxidation sites excluding steroid dienone is 1. The maximum absolute atomic E-state index is 12.4. The summed E-state index contributed by atoms with van der Waals surface area (Å²) in [5, 5.41) is 2.95. The van der Waals surface area contributed by atoms with E-state index in [1.165, 1.54) is 17.9 Å². The normalized spacial score (nSPS) is 11.4. The fourth-order valence-electron chi connectivity index (χ4n) is 1.97. The zero-order chi connectivity index (χ0) is 14.7. The first-order valence-corrected chi connectivity index (χ1v) is 6.04. The fourth-order valence-corrected chi connectivity index (χ4v) is 1.97. The van der Waals surface area contributed by atoms with Gasteiger partial charge in [-0.05, 0) is 31.6 Å². The summed E-state index contributed by atoms with van der Waals surface area (Å²) >= 11 is 0. The van der Waals surface area contributed by atoms with Gasteiger partial charge in [0.05, 0.1) is 12.7 Å². The molecule has 0 unspecified atom stereocenters. The van der Waals surface area contributed by atoms with Gasteiger partial charge in [-0.1, -0.05) is 6.07 Å². The summed E-state index contributed by atoms with van der Waals surface area (Å²) < 4.78 is 5.91. The summed E-state index contributed by atoms with van der Waals surface area (Å²) in [5.41, 5.74) is 1.41. The van der Waals surface area contributed by atoms with Crippen molar-refractivity contribution in [1.29, 1.82) is 0 Å². The van der Waals surface area contributed by atoms with E-state index in [0.717, 1.165) is 0 Å². The molecule has 2 aromatic rings. The van der Waals surface area contributed by atoms with Crippen molar-refractivity contribution < 1.29 is 9.53 Å². The van der Waals surface area contributed by atoms with E-state index in [2.05, 4.69) is 14.8 Å². The minimum atomic E-state index is -0.494. The lowest BCUT2D eigenvalue weighted by Gasteiger charge is -1.98. The third-order valence-corrected chi connectivity index (χ3v) is 2.88. The van der Waals surface area contributed by atoms with E-state index >= 15 is 0 Å². The highest BCUT2D eigenvalue weighted by molar-refractivity contribution is 5.91. The molecule has 0 radical (unpaired) electrons. The molecule has 0 atom stereocenters. The number of aryl methyl sites for hydroxylation is 1. The van der Waals surface area contributed by atoms with E-state index in [0.29, 0.717) is 22.6 Å². The molecule has 0 aromatic carbocycles. The summed E-state index contributed by atoms with van der Waals surface area (Å²) in [4.78, 5) is 27.8. The van der Waals surface area contributed by atoms with Gasteiger partial charge in [0.1, 0.15) is 0 Å². The molecule has 6 nitrogen and oxygen atoms in total. The van der Waals surface area contributed by atoms with E-state index in [9.17, 15) is 9.59 Å². The topological polar surface area (TPSA) is 77.0 Å². The van der Waals surface area contributed by atoms with Crippen molar-refractivity contribution in [2.24, 2.45) is 0 Å². The molecule has 104 valence electrons. The minimum absolute atomic E-state index is 0.251. The Hall–Kier alpha value is -2.63. The van der Waals surface area contributed by atoms with Crippen LogP contribution in [0.15, 0.2) is 35.3 Å². The Bertz CT molecular complexity index is 711. The highest BCUT2D eigenvalue weighted by atomic mass is 16.5. The van der Waals surface area contributed by atoms with Gasteiger partial charge >= 0.3 is 5.97 Å². The third kappa shape index (κ3) is 2.54. The summed E-state index contributed by atoms with van der Waals surface area (Å²) in [7, 11) is 1.29. The van der Waals surface area contributed by atoms with Gasteiger partial charge in [-0.3, -0.25) is 9.89 Å². The van der Waals surface area contributed by atoms with E-state index in [-0.39, 0.29) is 5.56 Å². The van der Waals surface area contributed by atoms with E-state index in [1.54, 1.807) is 38.2 Å². The lowest BCUT2D eigenvalue weighted by Crippen LogP contribution is -2.18. The molecule has 0 fully saturated rings. The predicted octanol–water partition coefficient (Wildman–Crippen LogP) is 1.45. The molecule has 0 saturated carbocycles. The highest BCUT2D eigenvalue weighted by Crippen LogP contribution is 2.14. The van der Waals surface area contributed by atoms with Crippen LogP contribution in [0, 0.1) is 6.92 Å². The Labute approximate surface area is 115 Å². The second kappa shape index (κ2) is 5.56. The molecule has 1 N–H and O–H groups in total. The third-order valence-electron chi connectivity index (χ3n) is 2.88. The van der Waals surface area contributed by atoms with Crippen molar-refractivity contribution >= 4 is 11.5 Å². The van der Waals surface area contributed by atoms with Crippen LogP contribution in [0.25, 0.3) is 11.4 Å². The Balaban J connectivity index is 2.53. The average Bonchev–Trinajstić information content (AvgIpc) is 2.74. The monoisotopic (exact) mass is 273 g/mol. The van der Waals surface area contributed by atoms with Crippen LogP contribution >= 0.6 is 0 Å². The molecule has 2 aromatic heterocycles. The second-order valence-corrected chi connectivity index (χ2v) is 4.29. The van der Waals surface area contributed by atoms with Crippen molar-refractivity contribution in [2.75, 3.05) is 7.11 Å². The fraction of sp³-hybridized carbons (Fsp3) is 0.214. The zero-order valence-corrected chi connectivity index (χ0v) is 11.5. The molecular formula is C14H15N3O3. The smallest absolute Gasteiger partial charge is 0.330 e. The first-order chi connectivity index (χ1) is 9.54. The molecule has 0 amide bonds. The van der Waals surface area contributed by atoms with E-state index in [1.807, 2.05) is 0 Å². The summed E-state index contributed by atoms with van der Waals surface area (Å²) in [5.74, 6) is 0.00426. The largest absolute Gasteiger partial charge is 0.466 e. The van der Waals surface area contributed by atoms with Crippen LogP contribution in [0.4, 0.5) is 0 Å². The first kappa shape index (κ1) is 13.8. The number of aromatic amines is 1. The van der Waals surface area contributed by atoms with Gasteiger partial charge < -0.3 is 4.74 Å². The standard InChI is InChI=1S/C14H15N3O3/c1-9(8-12(18)20-3)13-10(2)16-17(14(13)19)11-6-4-5-7-15-11/h4-8,16H,1-3H3/b9-8+. The number of esters is 1. The molecule has 20 heavy (non-hydrogen) atoms. The number of nitrogens with one attached hydrogen (secondary N) is 1. The summed E-state index contributed by atoms with van der Waals surface area (Å²) in [6.07, 6.45) is 2.90. The van der Waals surface area contributed by atoms with Crippen molar-refractivity contribution in [3.63, 3.8) is 0 Å². The van der Waals surface area contributed by atoms with Gasteiger partial charge in [0, 0.05) is 18.0 Å². The number of methoxy groups -OCH3 is 1.